The van der Waals surface area contributed by atoms with E-state index in [0.717, 1.165) is 33.7 Å². The zero-order valence-corrected chi connectivity index (χ0v) is 15.9. The van der Waals surface area contributed by atoms with E-state index in [1.807, 2.05) is 23.1 Å². The Morgan fingerprint density at radius 1 is 1.16 bits per heavy atom. The van der Waals surface area contributed by atoms with Crippen molar-refractivity contribution in [3.63, 3.8) is 0 Å². The number of hydrogen-bond donors (Lipinski definition) is 0. The molecule has 106 valence electrons. The Kier molecular flexibility index (Phi) is 7.62. The van der Waals surface area contributed by atoms with E-state index in [0.29, 0.717) is 11.6 Å². The summed E-state index contributed by atoms with van der Waals surface area (Å²) in [7, 11) is 0. The van der Waals surface area contributed by atoms with Crippen molar-refractivity contribution in [2.24, 2.45) is 0 Å². The van der Waals surface area contributed by atoms with Gasteiger partial charge in [-0.2, -0.15) is 0 Å². The zero-order chi connectivity index (χ0) is 14.4. The minimum atomic E-state index is 0.0927. The summed E-state index contributed by atoms with van der Waals surface area (Å²) in [4.78, 5) is 14.6. The molecule has 0 aliphatic carbocycles. The van der Waals surface area contributed by atoms with Gasteiger partial charge in [0.15, 0.2) is 0 Å². The fraction of sp³-hybridized carbons (Fsp3) is 0.500. The molecule has 0 radical (unpaired) electrons. The second kappa shape index (κ2) is 8.42. The number of hydrogen-bond acceptors (Lipinski definition) is 1. The molecule has 1 aromatic carbocycles. The van der Waals surface area contributed by atoms with Crippen LogP contribution in [0.25, 0.3) is 0 Å². The number of amides is 1. The molecule has 0 bridgehead atoms. The van der Waals surface area contributed by atoms with Gasteiger partial charge in [0.25, 0.3) is 5.91 Å². The van der Waals surface area contributed by atoms with Crippen LogP contribution in [0.2, 0.25) is 0 Å². The van der Waals surface area contributed by atoms with Crippen LogP contribution in [0.4, 0.5) is 0 Å². The highest BCUT2D eigenvalue weighted by atomic mass is 79.9. The summed E-state index contributed by atoms with van der Waals surface area (Å²) in [6, 6.07) is 5.97. The second-order valence-electron chi connectivity index (χ2n) is 4.32. The van der Waals surface area contributed by atoms with Gasteiger partial charge in [0.1, 0.15) is 0 Å². The van der Waals surface area contributed by atoms with E-state index in [2.05, 4.69) is 61.6 Å². The molecular weight excluding hydrogens is 438 g/mol. The van der Waals surface area contributed by atoms with E-state index in [-0.39, 0.29) is 5.91 Å². The van der Waals surface area contributed by atoms with Crippen LogP contribution in [0.5, 0.6) is 0 Å². The maximum Gasteiger partial charge on any atom is 0.254 e. The van der Waals surface area contributed by atoms with Gasteiger partial charge in [0, 0.05) is 32.4 Å². The molecule has 0 spiro atoms. The highest BCUT2D eigenvalue weighted by Crippen LogP contribution is 2.22. The lowest BCUT2D eigenvalue weighted by Crippen LogP contribution is -2.41. The van der Waals surface area contributed by atoms with Crippen molar-refractivity contribution in [3.05, 3.63) is 32.7 Å². The zero-order valence-electron chi connectivity index (χ0n) is 11.1. The predicted molar refractivity (Wildman–Crippen MR) is 91.0 cm³/mol. The van der Waals surface area contributed by atoms with Crippen LogP contribution in [-0.2, 0) is 0 Å². The van der Waals surface area contributed by atoms with Gasteiger partial charge in [-0.05, 0) is 31.0 Å². The van der Waals surface area contributed by atoms with Crippen molar-refractivity contribution in [1.82, 2.24) is 4.90 Å². The van der Waals surface area contributed by atoms with Crippen molar-refractivity contribution < 1.29 is 4.79 Å². The van der Waals surface area contributed by atoms with Crippen LogP contribution in [0.3, 0.4) is 0 Å². The van der Waals surface area contributed by atoms with Crippen LogP contribution in [0.1, 0.15) is 37.0 Å². The molecule has 19 heavy (non-hydrogen) atoms. The van der Waals surface area contributed by atoms with Crippen LogP contribution in [0.15, 0.2) is 27.1 Å². The molecule has 1 aromatic rings. The molecule has 0 saturated carbocycles. The summed E-state index contributed by atoms with van der Waals surface area (Å²) in [5.41, 5.74) is 0.717. The molecule has 0 aromatic heterocycles. The molecule has 0 N–H and O–H groups in total. The van der Waals surface area contributed by atoms with Crippen LogP contribution >= 0.6 is 47.8 Å². The molecule has 1 rings (SSSR count). The van der Waals surface area contributed by atoms with Crippen molar-refractivity contribution >= 4 is 53.7 Å². The largest absolute Gasteiger partial charge is 0.335 e. The van der Waals surface area contributed by atoms with Crippen molar-refractivity contribution in [1.29, 1.82) is 0 Å². The van der Waals surface area contributed by atoms with Gasteiger partial charge in [-0.1, -0.05) is 61.6 Å². The van der Waals surface area contributed by atoms with E-state index < -0.39 is 0 Å². The van der Waals surface area contributed by atoms with E-state index in [9.17, 15) is 4.79 Å². The fourth-order valence-electron chi connectivity index (χ4n) is 2.11. The van der Waals surface area contributed by atoms with Crippen LogP contribution in [-0.4, -0.2) is 28.7 Å². The molecule has 5 heteroatoms. The highest BCUT2D eigenvalue weighted by Gasteiger charge is 2.22. The monoisotopic (exact) mass is 453 g/mol. The topological polar surface area (TPSA) is 20.3 Å². The van der Waals surface area contributed by atoms with Gasteiger partial charge in [-0.15, -0.1) is 0 Å². The number of rotatable bonds is 6. The fourth-order valence-corrected chi connectivity index (χ4v) is 3.79. The Hall–Kier alpha value is 0.130. The average molecular weight is 456 g/mol. The Balaban J connectivity index is 3.04. The van der Waals surface area contributed by atoms with Crippen molar-refractivity contribution in [2.45, 2.75) is 32.7 Å². The van der Waals surface area contributed by atoms with E-state index >= 15 is 0 Å². The van der Waals surface area contributed by atoms with E-state index in [4.69, 9.17) is 0 Å². The van der Waals surface area contributed by atoms with Gasteiger partial charge >= 0.3 is 0 Å². The lowest BCUT2D eigenvalue weighted by atomic mass is 10.1. The summed E-state index contributed by atoms with van der Waals surface area (Å²) in [5.74, 6) is 0.0927. The summed E-state index contributed by atoms with van der Waals surface area (Å²) in [6.45, 7) is 4.98. The standard InChI is InChI=1S/C14H18Br3NO/c1-3-13(4-2)18(6-5-15)14(19)10-7-11(16)9-12(17)8-10/h7-9,13H,3-6H2,1-2H3. The summed E-state index contributed by atoms with van der Waals surface area (Å²) >= 11 is 10.3. The lowest BCUT2D eigenvalue weighted by molar-refractivity contribution is 0.0683. The summed E-state index contributed by atoms with van der Waals surface area (Å²) in [6.07, 6.45) is 1.95. The number of carbonyl (C=O) groups excluding carboxylic acids is 1. The molecule has 0 saturated heterocycles. The molecular formula is C14H18Br3NO. The van der Waals surface area contributed by atoms with Gasteiger partial charge in [-0.25, -0.2) is 0 Å². The molecule has 1 amide bonds. The Morgan fingerprint density at radius 2 is 1.68 bits per heavy atom. The number of benzene rings is 1. The number of alkyl halides is 1. The highest BCUT2D eigenvalue weighted by molar-refractivity contribution is 9.11. The maximum atomic E-state index is 12.7. The maximum absolute atomic E-state index is 12.7. The summed E-state index contributed by atoms with van der Waals surface area (Å²) < 4.78 is 1.82. The average Bonchev–Trinajstić information content (AvgIpc) is 2.37. The number of halogens is 3. The smallest absolute Gasteiger partial charge is 0.254 e. The van der Waals surface area contributed by atoms with Gasteiger partial charge in [-0.3, -0.25) is 4.79 Å². The minimum absolute atomic E-state index is 0.0927. The third-order valence-electron chi connectivity index (χ3n) is 3.08. The first-order chi connectivity index (χ1) is 9.03. The Labute approximate surface area is 140 Å². The lowest BCUT2D eigenvalue weighted by Gasteiger charge is -2.30. The van der Waals surface area contributed by atoms with Crippen LogP contribution in [0, 0.1) is 0 Å². The molecule has 0 unspecified atom stereocenters. The molecule has 0 heterocycles. The van der Waals surface area contributed by atoms with Gasteiger partial charge in [0.2, 0.25) is 0 Å². The van der Waals surface area contributed by atoms with E-state index in [1.165, 1.54) is 0 Å². The van der Waals surface area contributed by atoms with Crippen molar-refractivity contribution in [2.75, 3.05) is 11.9 Å². The first-order valence-electron chi connectivity index (χ1n) is 6.36. The molecule has 0 aliphatic heterocycles. The minimum Gasteiger partial charge on any atom is -0.335 e. The predicted octanol–water partition coefficient (Wildman–Crippen LogP) is 5.24. The first-order valence-corrected chi connectivity index (χ1v) is 9.07. The molecule has 0 aliphatic rings. The number of nitrogens with zero attached hydrogens (tertiary/aromatic N) is 1. The van der Waals surface area contributed by atoms with E-state index in [1.54, 1.807) is 0 Å². The third kappa shape index (κ3) is 4.87. The SMILES string of the molecule is CCC(CC)N(CCBr)C(=O)c1cc(Br)cc(Br)c1. The normalized spacial score (nSPS) is 10.8. The number of carbonyl (C=O) groups is 1. The Bertz CT molecular complexity index is 412. The third-order valence-corrected chi connectivity index (χ3v) is 4.35. The first kappa shape index (κ1) is 17.2. The van der Waals surface area contributed by atoms with Crippen LogP contribution < -0.4 is 0 Å². The van der Waals surface area contributed by atoms with Gasteiger partial charge in [0.05, 0.1) is 0 Å². The quantitative estimate of drug-likeness (QED) is 0.537. The second-order valence-corrected chi connectivity index (χ2v) is 6.94. The Morgan fingerprint density at radius 3 is 2.11 bits per heavy atom. The van der Waals surface area contributed by atoms with Gasteiger partial charge < -0.3 is 4.90 Å². The molecule has 2 nitrogen and oxygen atoms in total. The molecule has 0 atom stereocenters. The summed E-state index contributed by atoms with van der Waals surface area (Å²) in [5, 5.41) is 0.796. The van der Waals surface area contributed by atoms with Crippen molar-refractivity contribution in [3.8, 4) is 0 Å². The molecule has 0 fully saturated rings.